The molecule has 0 aliphatic heterocycles. The Morgan fingerprint density at radius 3 is 2.68 bits per heavy atom. The molecule has 0 aliphatic carbocycles. The Morgan fingerprint density at radius 1 is 1.32 bits per heavy atom. The van der Waals surface area contributed by atoms with Gasteiger partial charge in [0.15, 0.2) is 0 Å². The van der Waals surface area contributed by atoms with Crippen LogP contribution in [-0.2, 0) is 9.47 Å². The third kappa shape index (κ3) is 4.73. The predicted molar refractivity (Wildman–Crippen MR) is 73.9 cm³/mol. The Morgan fingerprint density at radius 2 is 2.05 bits per heavy atom. The van der Waals surface area contributed by atoms with E-state index in [1.165, 1.54) is 0 Å². The predicted octanol–water partition coefficient (Wildman–Crippen LogP) is 1.02. The van der Waals surface area contributed by atoms with Gasteiger partial charge < -0.3 is 20.1 Å². The SMILES string of the molecule is COCCCN(CCOC)c1ncc(N)cc1C#N. The highest BCUT2D eigenvalue weighted by molar-refractivity contribution is 5.58. The van der Waals surface area contributed by atoms with Gasteiger partial charge in [-0.05, 0) is 12.5 Å². The summed E-state index contributed by atoms with van der Waals surface area (Å²) < 4.78 is 10.1. The number of nitrogens with two attached hydrogens (primary N) is 1. The first-order chi connectivity index (χ1) is 9.22. The smallest absolute Gasteiger partial charge is 0.146 e. The monoisotopic (exact) mass is 264 g/mol. The Kier molecular flexibility index (Phi) is 6.64. The summed E-state index contributed by atoms with van der Waals surface area (Å²) in [6.07, 6.45) is 2.42. The number of aromatic nitrogens is 1. The van der Waals surface area contributed by atoms with Crippen LogP contribution in [0.4, 0.5) is 11.5 Å². The molecule has 0 saturated heterocycles. The maximum atomic E-state index is 9.16. The second-order valence-corrected chi connectivity index (χ2v) is 4.08. The minimum absolute atomic E-state index is 0.480. The van der Waals surface area contributed by atoms with Crippen molar-refractivity contribution >= 4 is 11.5 Å². The van der Waals surface area contributed by atoms with Gasteiger partial charge in [0.05, 0.1) is 24.1 Å². The van der Waals surface area contributed by atoms with E-state index in [-0.39, 0.29) is 0 Å². The van der Waals surface area contributed by atoms with E-state index in [0.29, 0.717) is 36.8 Å². The minimum atomic E-state index is 0.480. The first-order valence-corrected chi connectivity index (χ1v) is 6.11. The molecule has 6 nitrogen and oxygen atoms in total. The molecule has 19 heavy (non-hydrogen) atoms. The molecule has 2 N–H and O–H groups in total. The largest absolute Gasteiger partial charge is 0.397 e. The lowest BCUT2D eigenvalue weighted by Gasteiger charge is -2.24. The summed E-state index contributed by atoms with van der Waals surface area (Å²) in [6, 6.07) is 3.76. The quantitative estimate of drug-likeness (QED) is 0.706. The number of methoxy groups -OCH3 is 2. The number of ether oxygens (including phenoxy) is 2. The minimum Gasteiger partial charge on any atom is -0.397 e. The molecule has 1 aromatic heterocycles. The lowest BCUT2D eigenvalue weighted by atomic mass is 10.2. The van der Waals surface area contributed by atoms with E-state index < -0.39 is 0 Å². The summed E-state index contributed by atoms with van der Waals surface area (Å²) in [5, 5.41) is 9.16. The number of hydrogen-bond donors (Lipinski definition) is 1. The van der Waals surface area contributed by atoms with Crippen molar-refractivity contribution in [3.8, 4) is 6.07 Å². The molecule has 0 fully saturated rings. The van der Waals surface area contributed by atoms with Gasteiger partial charge in [-0.3, -0.25) is 0 Å². The molecule has 1 rings (SSSR count). The Hall–Kier alpha value is -1.84. The fourth-order valence-corrected chi connectivity index (χ4v) is 1.73. The van der Waals surface area contributed by atoms with Gasteiger partial charge in [-0.2, -0.15) is 5.26 Å². The first-order valence-electron chi connectivity index (χ1n) is 6.11. The van der Waals surface area contributed by atoms with Gasteiger partial charge in [0.25, 0.3) is 0 Å². The maximum absolute atomic E-state index is 9.16. The van der Waals surface area contributed by atoms with Gasteiger partial charge >= 0.3 is 0 Å². The number of nitriles is 1. The van der Waals surface area contributed by atoms with Gasteiger partial charge in [0.2, 0.25) is 0 Å². The van der Waals surface area contributed by atoms with Crippen molar-refractivity contribution in [1.29, 1.82) is 5.26 Å². The number of anilines is 2. The van der Waals surface area contributed by atoms with Crippen molar-refractivity contribution in [1.82, 2.24) is 4.98 Å². The highest BCUT2D eigenvalue weighted by atomic mass is 16.5. The molecule has 104 valence electrons. The van der Waals surface area contributed by atoms with Crippen LogP contribution in [0.3, 0.4) is 0 Å². The molecule has 0 aliphatic rings. The van der Waals surface area contributed by atoms with Crippen LogP contribution in [-0.4, -0.2) is 45.5 Å². The van der Waals surface area contributed by atoms with Crippen molar-refractivity contribution in [3.05, 3.63) is 17.8 Å². The molecule has 0 bridgehead atoms. The summed E-state index contributed by atoms with van der Waals surface area (Å²) in [7, 11) is 3.32. The van der Waals surface area contributed by atoms with Gasteiger partial charge in [0.1, 0.15) is 11.9 Å². The van der Waals surface area contributed by atoms with E-state index in [0.717, 1.165) is 13.0 Å². The van der Waals surface area contributed by atoms with E-state index in [1.807, 2.05) is 4.90 Å². The van der Waals surface area contributed by atoms with Crippen LogP contribution in [0.25, 0.3) is 0 Å². The van der Waals surface area contributed by atoms with Crippen molar-refractivity contribution < 1.29 is 9.47 Å². The van der Waals surface area contributed by atoms with Crippen molar-refractivity contribution in [2.24, 2.45) is 0 Å². The molecule has 0 amide bonds. The van der Waals surface area contributed by atoms with Crippen LogP contribution < -0.4 is 10.6 Å². The summed E-state index contributed by atoms with van der Waals surface area (Å²) in [5.41, 5.74) is 6.62. The van der Waals surface area contributed by atoms with Crippen molar-refractivity contribution in [2.45, 2.75) is 6.42 Å². The Labute approximate surface area is 113 Å². The molecule has 1 heterocycles. The molecular formula is C13H20N4O2. The molecular weight excluding hydrogens is 244 g/mol. The van der Waals surface area contributed by atoms with E-state index in [4.69, 9.17) is 20.5 Å². The van der Waals surface area contributed by atoms with Crippen molar-refractivity contribution in [3.63, 3.8) is 0 Å². The Balaban J connectivity index is 2.86. The zero-order valence-corrected chi connectivity index (χ0v) is 11.4. The maximum Gasteiger partial charge on any atom is 0.146 e. The lowest BCUT2D eigenvalue weighted by molar-refractivity contribution is 0.191. The molecule has 0 atom stereocenters. The molecule has 6 heteroatoms. The summed E-state index contributed by atoms with van der Waals surface area (Å²) in [4.78, 5) is 6.28. The second kappa shape index (κ2) is 8.29. The third-order valence-corrected chi connectivity index (χ3v) is 2.65. The number of hydrogen-bond acceptors (Lipinski definition) is 6. The average Bonchev–Trinajstić information content (AvgIpc) is 2.43. The van der Waals surface area contributed by atoms with Gasteiger partial charge in [-0.1, -0.05) is 0 Å². The summed E-state index contributed by atoms with van der Waals surface area (Å²) in [5.74, 6) is 0.643. The fraction of sp³-hybridized carbons (Fsp3) is 0.538. The number of pyridine rings is 1. The standard InChI is InChI=1S/C13H20N4O2/c1-18-6-3-4-17(5-7-19-2)13-11(9-14)8-12(15)10-16-13/h8,10H,3-7,15H2,1-2H3. The van der Waals surface area contributed by atoms with Gasteiger partial charge in [-0.25, -0.2) is 4.98 Å². The van der Waals surface area contributed by atoms with Crippen LogP contribution in [0.2, 0.25) is 0 Å². The van der Waals surface area contributed by atoms with Gasteiger partial charge in [0, 0.05) is 33.9 Å². The van der Waals surface area contributed by atoms with E-state index >= 15 is 0 Å². The molecule has 0 unspecified atom stereocenters. The molecule has 0 spiro atoms. The van der Waals surface area contributed by atoms with Crippen LogP contribution in [0.15, 0.2) is 12.3 Å². The second-order valence-electron chi connectivity index (χ2n) is 4.08. The third-order valence-electron chi connectivity index (χ3n) is 2.65. The Bertz CT molecular complexity index is 431. The molecule has 0 radical (unpaired) electrons. The normalized spacial score (nSPS) is 10.2. The van der Waals surface area contributed by atoms with E-state index in [9.17, 15) is 0 Å². The highest BCUT2D eigenvalue weighted by Crippen LogP contribution is 2.19. The van der Waals surface area contributed by atoms with Crippen LogP contribution in [0, 0.1) is 11.3 Å². The lowest BCUT2D eigenvalue weighted by Crippen LogP contribution is -2.30. The fourth-order valence-electron chi connectivity index (χ4n) is 1.73. The zero-order valence-electron chi connectivity index (χ0n) is 11.4. The zero-order chi connectivity index (χ0) is 14.1. The average molecular weight is 264 g/mol. The highest BCUT2D eigenvalue weighted by Gasteiger charge is 2.13. The summed E-state index contributed by atoms with van der Waals surface area (Å²) >= 11 is 0. The topological polar surface area (TPSA) is 84.4 Å². The molecule has 0 saturated carbocycles. The van der Waals surface area contributed by atoms with E-state index in [2.05, 4.69) is 11.1 Å². The van der Waals surface area contributed by atoms with Crippen LogP contribution in [0.1, 0.15) is 12.0 Å². The first kappa shape index (κ1) is 15.2. The summed E-state index contributed by atoms with van der Waals surface area (Å²) in [6.45, 7) is 2.67. The van der Waals surface area contributed by atoms with Gasteiger partial charge in [-0.15, -0.1) is 0 Å². The van der Waals surface area contributed by atoms with Crippen molar-refractivity contribution in [2.75, 3.05) is 51.2 Å². The number of nitrogen functional groups attached to an aromatic ring is 1. The molecule has 1 aromatic rings. The number of nitrogens with zero attached hydrogens (tertiary/aromatic N) is 3. The van der Waals surface area contributed by atoms with Crippen LogP contribution in [0.5, 0.6) is 0 Å². The van der Waals surface area contributed by atoms with E-state index in [1.54, 1.807) is 26.5 Å². The van der Waals surface area contributed by atoms with Crippen LogP contribution >= 0.6 is 0 Å². The molecule has 0 aromatic carbocycles. The number of rotatable bonds is 8.